The summed E-state index contributed by atoms with van der Waals surface area (Å²) in [5.41, 5.74) is 1.23. The van der Waals surface area contributed by atoms with Crippen molar-refractivity contribution in [3.05, 3.63) is 35.9 Å². The highest BCUT2D eigenvalue weighted by Gasteiger charge is 2.25. The van der Waals surface area contributed by atoms with Crippen LogP contribution in [0, 0.1) is 0 Å². The minimum Gasteiger partial charge on any atom is -0.380 e. The molecule has 0 aromatic heterocycles. The van der Waals surface area contributed by atoms with Crippen molar-refractivity contribution in [3.63, 3.8) is 0 Å². The van der Waals surface area contributed by atoms with Crippen LogP contribution in [0.25, 0.3) is 0 Å². The van der Waals surface area contributed by atoms with Crippen molar-refractivity contribution < 1.29 is 9.47 Å². The number of methoxy groups -OCH3 is 1. The van der Waals surface area contributed by atoms with Crippen molar-refractivity contribution in [3.8, 4) is 0 Å². The van der Waals surface area contributed by atoms with E-state index >= 15 is 0 Å². The number of ether oxygens (including phenoxy) is 2. The van der Waals surface area contributed by atoms with Crippen molar-refractivity contribution in [1.29, 1.82) is 0 Å². The van der Waals surface area contributed by atoms with Crippen LogP contribution in [0.4, 0.5) is 0 Å². The van der Waals surface area contributed by atoms with Gasteiger partial charge < -0.3 is 14.8 Å². The number of hydrogen-bond donors (Lipinski definition) is 1. The van der Waals surface area contributed by atoms with Crippen molar-refractivity contribution in [2.24, 2.45) is 0 Å². The van der Waals surface area contributed by atoms with Gasteiger partial charge in [-0.05, 0) is 24.9 Å². The SMILES string of the molecule is CO[C@H]1CCN[C@@H]1CCOCc1ccccc1. The maximum Gasteiger partial charge on any atom is 0.0737 e. The van der Waals surface area contributed by atoms with Crippen LogP contribution in [0.2, 0.25) is 0 Å². The van der Waals surface area contributed by atoms with Gasteiger partial charge in [0.1, 0.15) is 0 Å². The molecule has 0 saturated carbocycles. The number of rotatable bonds is 6. The van der Waals surface area contributed by atoms with Gasteiger partial charge in [0.25, 0.3) is 0 Å². The van der Waals surface area contributed by atoms with Crippen LogP contribution in [-0.4, -0.2) is 32.4 Å². The Balaban J connectivity index is 1.63. The summed E-state index contributed by atoms with van der Waals surface area (Å²) < 4.78 is 11.1. The van der Waals surface area contributed by atoms with Gasteiger partial charge in [0, 0.05) is 19.8 Å². The first-order chi connectivity index (χ1) is 8.40. The molecule has 0 aliphatic carbocycles. The molecule has 1 aliphatic rings. The van der Waals surface area contributed by atoms with E-state index in [1.165, 1.54) is 5.56 Å². The Bertz CT molecular complexity index is 315. The van der Waals surface area contributed by atoms with Gasteiger partial charge in [-0.15, -0.1) is 0 Å². The maximum atomic E-state index is 5.68. The van der Waals surface area contributed by atoms with Crippen LogP contribution < -0.4 is 5.32 Å². The van der Waals surface area contributed by atoms with Crippen LogP contribution in [0.5, 0.6) is 0 Å². The number of benzene rings is 1. The summed E-state index contributed by atoms with van der Waals surface area (Å²) in [5, 5.41) is 3.45. The molecule has 1 aromatic carbocycles. The van der Waals surface area contributed by atoms with E-state index < -0.39 is 0 Å². The van der Waals surface area contributed by atoms with Crippen molar-refractivity contribution in [1.82, 2.24) is 5.32 Å². The maximum absolute atomic E-state index is 5.68. The molecule has 17 heavy (non-hydrogen) atoms. The Morgan fingerprint density at radius 3 is 2.88 bits per heavy atom. The third-order valence-electron chi connectivity index (χ3n) is 3.27. The lowest BCUT2D eigenvalue weighted by Crippen LogP contribution is -2.32. The zero-order valence-electron chi connectivity index (χ0n) is 10.4. The first-order valence-electron chi connectivity index (χ1n) is 6.28. The molecule has 1 aromatic rings. The molecule has 1 heterocycles. The first-order valence-corrected chi connectivity index (χ1v) is 6.28. The molecule has 0 radical (unpaired) electrons. The molecular weight excluding hydrogens is 214 g/mol. The molecule has 0 bridgehead atoms. The van der Waals surface area contributed by atoms with Crippen molar-refractivity contribution in [2.45, 2.75) is 31.6 Å². The highest BCUT2D eigenvalue weighted by molar-refractivity contribution is 5.13. The third-order valence-corrected chi connectivity index (χ3v) is 3.27. The van der Waals surface area contributed by atoms with Crippen LogP contribution in [0.1, 0.15) is 18.4 Å². The van der Waals surface area contributed by atoms with Gasteiger partial charge in [0.15, 0.2) is 0 Å². The Hall–Kier alpha value is -0.900. The summed E-state index contributed by atoms with van der Waals surface area (Å²) in [4.78, 5) is 0. The molecule has 0 unspecified atom stereocenters. The fraction of sp³-hybridized carbons (Fsp3) is 0.571. The number of nitrogens with one attached hydrogen (secondary N) is 1. The summed E-state index contributed by atoms with van der Waals surface area (Å²) in [5.74, 6) is 0. The average molecular weight is 235 g/mol. The van der Waals surface area contributed by atoms with Crippen LogP contribution >= 0.6 is 0 Å². The third kappa shape index (κ3) is 3.80. The quantitative estimate of drug-likeness (QED) is 0.765. The zero-order chi connectivity index (χ0) is 11.9. The Labute approximate surface area is 103 Å². The Kier molecular flexibility index (Phi) is 4.98. The molecule has 1 saturated heterocycles. The van der Waals surface area contributed by atoms with E-state index in [0.717, 1.165) is 26.0 Å². The minimum absolute atomic E-state index is 0.357. The lowest BCUT2D eigenvalue weighted by molar-refractivity contribution is 0.0645. The highest BCUT2D eigenvalue weighted by Crippen LogP contribution is 2.13. The van der Waals surface area contributed by atoms with Gasteiger partial charge in [0.2, 0.25) is 0 Å². The largest absolute Gasteiger partial charge is 0.380 e. The second kappa shape index (κ2) is 6.74. The molecule has 0 spiro atoms. The lowest BCUT2D eigenvalue weighted by Gasteiger charge is -2.17. The second-order valence-corrected chi connectivity index (χ2v) is 4.45. The molecule has 1 aliphatic heterocycles. The van der Waals surface area contributed by atoms with E-state index in [1.807, 2.05) is 18.2 Å². The van der Waals surface area contributed by atoms with Crippen LogP contribution in [0.15, 0.2) is 30.3 Å². The van der Waals surface area contributed by atoms with Crippen LogP contribution in [-0.2, 0) is 16.1 Å². The molecule has 1 fully saturated rings. The van der Waals surface area contributed by atoms with Gasteiger partial charge in [-0.2, -0.15) is 0 Å². The normalized spacial score (nSPS) is 24.1. The molecular formula is C14H21NO2. The van der Waals surface area contributed by atoms with Gasteiger partial charge in [0.05, 0.1) is 12.7 Å². The Morgan fingerprint density at radius 1 is 1.29 bits per heavy atom. The van der Waals surface area contributed by atoms with Crippen molar-refractivity contribution >= 4 is 0 Å². The number of hydrogen-bond acceptors (Lipinski definition) is 3. The second-order valence-electron chi connectivity index (χ2n) is 4.45. The summed E-state index contributed by atoms with van der Waals surface area (Å²) >= 11 is 0. The molecule has 0 amide bonds. The van der Waals surface area contributed by atoms with Gasteiger partial charge in [-0.1, -0.05) is 30.3 Å². The minimum atomic E-state index is 0.357. The van der Waals surface area contributed by atoms with E-state index in [0.29, 0.717) is 18.8 Å². The van der Waals surface area contributed by atoms with Gasteiger partial charge >= 0.3 is 0 Å². The first kappa shape index (κ1) is 12.6. The van der Waals surface area contributed by atoms with E-state index in [-0.39, 0.29) is 0 Å². The average Bonchev–Trinajstić information content (AvgIpc) is 2.83. The van der Waals surface area contributed by atoms with Gasteiger partial charge in [-0.25, -0.2) is 0 Å². The molecule has 94 valence electrons. The van der Waals surface area contributed by atoms with E-state index in [2.05, 4.69) is 17.4 Å². The predicted molar refractivity (Wildman–Crippen MR) is 67.9 cm³/mol. The fourth-order valence-corrected chi connectivity index (χ4v) is 2.29. The van der Waals surface area contributed by atoms with E-state index in [4.69, 9.17) is 9.47 Å². The zero-order valence-corrected chi connectivity index (χ0v) is 10.4. The summed E-state index contributed by atoms with van der Waals surface area (Å²) in [7, 11) is 1.79. The predicted octanol–water partition coefficient (Wildman–Crippen LogP) is 1.97. The van der Waals surface area contributed by atoms with E-state index in [1.54, 1.807) is 7.11 Å². The topological polar surface area (TPSA) is 30.5 Å². The summed E-state index contributed by atoms with van der Waals surface area (Å²) in [6, 6.07) is 10.7. The van der Waals surface area contributed by atoms with Gasteiger partial charge in [-0.3, -0.25) is 0 Å². The standard InChI is InChI=1S/C14H21NO2/c1-16-14-7-9-15-13(14)8-10-17-11-12-5-3-2-4-6-12/h2-6,13-15H,7-11H2,1H3/t13-,14+/m1/s1. The lowest BCUT2D eigenvalue weighted by atomic mass is 10.1. The smallest absolute Gasteiger partial charge is 0.0737 e. The molecule has 1 N–H and O–H groups in total. The molecule has 2 atom stereocenters. The molecule has 3 heteroatoms. The monoisotopic (exact) mass is 235 g/mol. The Morgan fingerprint density at radius 2 is 2.12 bits per heavy atom. The summed E-state index contributed by atoms with van der Waals surface area (Å²) in [6.45, 7) is 2.54. The summed E-state index contributed by atoms with van der Waals surface area (Å²) in [6.07, 6.45) is 2.49. The highest BCUT2D eigenvalue weighted by atomic mass is 16.5. The molecule has 3 nitrogen and oxygen atoms in total. The molecule has 2 rings (SSSR count). The van der Waals surface area contributed by atoms with Crippen LogP contribution in [0.3, 0.4) is 0 Å². The fourth-order valence-electron chi connectivity index (χ4n) is 2.29. The van der Waals surface area contributed by atoms with E-state index in [9.17, 15) is 0 Å². The van der Waals surface area contributed by atoms with Crippen molar-refractivity contribution in [2.75, 3.05) is 20.3 Å².